The number of piperidine rings is 1. The highest BCUT2D eigenvalue weighted by atomic mass is 32.2. The Hall–Kier alpha value is -1.97. The highest BCUT2D eigenvalue weighted by Gasteiger charge is 2.31. The highest BCUT2D eigenvalue weighted by molar-refractivity contribution is 7.88. The van der Waals surface area contributed by atoms with Gasteiger partial charge in [0, 0.05) is 38.4 Å². The molecule has 0 aliphatic carbocycles. The maximum atomic E-state index is 12.8. The molecule has 2 aliphatic heterocycles. The van der Waals surface area contributed by atoms with Gasteiger partial charge < -0.3 is 14.5 Å². The molecule has 0 unspecified atom stereocenters. The smallest absolute Gasteiger partial charge is 0.272 e. The van der Waals surface area contributed by atoms with Gasteiger partial charge in [0.15, 0.2) is 5.69 Å². The Morgan fingerprint density at radius 2 is 2.18 bits per heavy atom. The van der Waals surface area contributed by atoms with Crippen molar-refractivity contribution in [2.75, 3.05) is 32.5 Å². The van der Waals surface area contributed by atoms with Crippen LogP contribution in [0.25, 0.3) is 5.52 Å². The van der Waals surface area contributed by atoms with Gasteiger partial charge in [0.2, 0.25) is 10.0 Å². The molecule has 28 heavy (non-hydrogen) atoms. The molecule has 2 aromatic rings. The molecule has 2 aromatic heterocycles. The fraction of sp³-hybridized carbons (Fsp3) is 0.579. The zero-order chi connectivity index (χ0) is 19.7. The Morgan fingerprint density at radius 1 is 1.32 bits per heavy atom. The van der Waals surface area contributed by atoms with Crippen LogP contribution in [-0.2, 0) is 14.8 Å². The minimum absolute atomic E-state index is 0.0434. The molecule has 1 N–H and O–H groups in total. The molecular weight excluding hydrogens is 380 g/mol. The summed E-state index contributed by atoms with van der Waals surface area (Å²) in [5.74, 6) is 0.477. The van der Waals surface area contributed by atoms with E-state index in [1.165, 1.54) is 10.6 Å². The number of sulfonamides is 1. The van der Waals surface area contributed by atoms with Gasteiger partial charge in [-0.1, -0.05) is 6.07 Å². The van der Waals surface area contributed by atoms with E-state index in [4.69, 9.17) is 4.74 Å². The highest BCUT2D eigenvalue weighted by Crippen LogP contribution is 2.29. The Morgan fingerprint density at radius 3 is 2.93 bits per heavy atom. The van der Waals surface area contributed by atoms with Crippen molar-refractivity contribution in [2.24, 2.45) is 0 Å². The monoisotopic (exact) mass is 406 g/mol. The van der Waals surface area contributed by atoms with E-state index in [0.717, 1.165) is 43.6 Å². The molecule has 4 heterocycles. The lowest BCUT2D eigenvalue weighted by atomic mass is 9.99. The second-order valence-corrected chi connectivity index (χ2v) is 9.56. The van der Waals surface area contributed by atoms with E-state index in [-0.39, 0.29) is 17.9 Å². The number of pyridine rings is 1. The van der Waals surface area contributed by atoms with Crippen LogP contribution in [0, 0.1) is 0 Å². The van der Waals surface area contributed by atoms with E-state index in [1.807, 2.05) is 28.8 Å². The predicted octanol–water partition coefficient (Wildman–Crippen LogP) is 1.38. The summed E-state index contributed by atoms with van der Waals surface area (Å²) < 4.78 is 32.9. The van der Waals surface area contributed by atoms with Gasteiger partial charge in [0.05, 0.1) is 17.9 Å². The van der Waals surface area contributed by atoms with Gasteiger partial charge in [-0.05, 0) is 37.8 Å². The third kappa shape index (κ3) is 3.92. The number of aromatic nitrogens is 2. The zero-order valence-corrected chi connectivity index (χ0v) is 16.8. The van der Waals surface area contributed by atoms with Gasteiger partial charge in [-0.25, -0.2) is 17.7 Å². The molecule has 1 amide bonds. The number of hydrogen-bond donors (Lipinski definition) is 1. The molecule has 2 saturated heterocycles. The van der Waals surface area contributed by atoms with Crippen molar-refractivity contribution < 1.29 is 17.9 Å². The van der Waals surface area contributed by atoms with E-state index in [9.17, 15) is 13.2 Å². The average Bonchev–Trinajstić information content (AvgIpc) is 3.33. The molecule has 2 fully saturated rings. The summed E-state index contributed by atoms with van der Waals surface area (Å²) in [5, 5.41) is 2.94. The minimum Gasteiger partial charge on any atom is -0.376 e. The number of ether oxygens (including phenoxy) is 1. The Balaban J connectivity index is 1.60. The second-order valence-electron chi connectivity index (χ2n) is 7.58. The Labute approximate surface area is 164 Å². The van der Waals surface area contributed by atoms with Crippen molar-refractivity contribution in [1.29, 1.82) is 0 Å². The van der Waals surface area contributed by atoms with Crippen molar-refractivity contribution in [3.8, 4) is 0 Å². The van der Waals surface area contributed by atoms with E-state index in [0.29, 0.717) is 25.3 Å². The number of hydrogen-bond acceptors (Lipinski definition) is 5. The number of amides is 1. The fourth-order valence-electron chi connectivity index (χ4n) is 4.07. The van der Waals surface area contributed by atoms with Crippen LogP contribution in [0.2, 0.25) is 0 Å². The lowest BCUT2D eigenvalue weighted by Crippen LogP contribution is -2.38. The van der Waals surface area contributed by atoms with Gasteiger partial charge >= 0.3 is 0 Å². The molecule has 0 saturated carbocycles. The van der Waals surface area contributed by atoms with Gasteiger partial charge in [0.25, 0.3) is 5.91 Å². The number of fused-ring (bicyclic) bond motifs is 1. The molecule has 2 aliphatic rings. The van der Waals surface area contributed by atoms with Crippen LogP contribution in [0.4, 0.5) is 0 Å². The van der Waals surface area contributed by atoms with Crippen LogP contribution in [0.3, 0.4) is 0 Å². The molecule has 8 nitrogen and oxygen atoms in total. The first kappa shape index (κ1) is 19.4. The van der Waals surface area contributed by atoms with E-state index >= 15 is 0 Å². The molecule has 0 aromatic carbocycles. The van der Waals surface area contributed by atoms with Crippen molar-refractivity contribution in [2.45, 2.75) is 37.7 Å². The zero-order valence-electron chi connectivity index (χ0n) is 16.0. The molecule has 0 bridgehead atoms. The number of nitrogens with one attached hydrogen (secondary N) is 1. The quantitative estimate of drug-likeness (QED) is 0.810. The summed E-state index contributed by atoms with van der Waals surface area (Å²) in [6, 6.07) is 5.64. The molecule has 152 valence electrons. The van der Waals surface area contributed by atoms with Crippen molar-refractivity contribution in [1.82, 2.24) is 19.0 Å². The second kappa shape index (κ2) is 7.81. The number of imidazole rings is 1. The maximum absolute atomic E-state index is 12.8. The van der Waals surface area contributed by atoms with E-state index in [1.54, 1.807) is 0 Å². The first-order chi connectivity index (χ1) is 13.4. The number of nitrogens with zero attached hydrogens (tertiary/aromatic N) is 3. The summed E-state index contributed by atoms with van der Waals surface area (Å²) in [6.07, 6.45) is 6.79. The van der Waals surface area contributed by atoms with Crippen LogP contribution in [0.1, 0.15) is 47.9 Å². The normalized spacial score (nSPS) is 23.9. The summed E-state index contributed by atoms with van der Waals surface area (Å²) in [4.78, 5) is 17.4. The summed E-state index contributed by atoms with van der Waals surface area (Å²) in [7, 11) is -3.24. The maximum Gasteiger partial charge on any atom is 0.272 e. The molecule has 0 spiro atoms. The number of rotatable bonds is 5. The third-order valence-corrected chi connectivity index (χ3v) is 6.79. The lowest BCUT2D eigenvalue weighted by Gasteiger charge is -2.30. The van der Waals surface area contributed by atoms with Crippen LogP contribution in [-0.4, -0.2) is 66.6 Å². The predicted molar refractivity (Wildman–Crippen MR) is 105 cm³/mol. The molecule has 0 radical (unpaired) electrons. The largest absolute Gasteiger partial charge is 0.376 e. The third-order valence-electron chi connectivity index (χ3n) is 5.52. The SMILES string of the molecule is CS(=O)(=O)N1CCC[C@H](c2nc(C(=O)NC[C@@H]3CCCO3)c3ccccn23)C1. The van der Waals surface area contributed by atoms with E-state index < -0.39 is 10.0 Å². The van der Waals surface area contributed by atoms with Gasteiger partial charge in [0.1, 0.15) is 5.82 Å². The lowest BCUT2D eigenvalue weighted by molar-refractivity contribution is 0.0855. The number of carbonyl (C=O) groups excluding carboxylic acids is 1. The summed E-state index contributed by atoms with van der Waals surface area (Å²) in [5.41, 5.74) is 1.11. The van der Waals surface area contributed by atoms with Gasteiger partial charge in [-0.2, -0.15) is 0 Å². The standard InChI is InChI=1S/C19H26N4O4S/c1-28(25,26)22-9-4-6-14(13-22)18-21-17(16-8-2-3-10-23(16)18)19(24)20-12-15-7-5-11-27-15/h2-3,8,10,14-15H,4-7,9,11-13H2,1H3,(H,20,24)/t14-,15-/m0/s1. The van der Waals surface area contributed by atoms with Crippen LogP contribution >= 0.6 is 0 Å². The molecule has 4 rings (SSSR count). The van der Waals surface area contributed by atoms with Crippen molar-refractivity contribution >= 4 is 21.4 Å². The Kier molecular flexibility index (Phi) is 5.39. The molecule has 2 atom stereocenters. The van der Waals surface area contributed by atoms with Crippen LogP contribution in [0.15, 0.2) is 24.4 Å². The van der Waals surface area contributed by atoms with E-state index in [2.05, 4.69) is 10.3 Å². The molecular formula is C19H26N4O4S. The van der Waals surface area contributed by atoms with Crippen LogP contribution in [0.5, 0.6) is 0 Å². The number of carbonyl (C=O) groups is 1. The van der Waals surface area contributed by atoms with Crippen molar-refractivity contribution in [3.05, 3.63) is 35.9 Å². The van der Waals surface area contributed by atoms with Gasteiger partial charge in [-0.15, -0.1) is 0 Å². The van der Waals surface area contributed by atoms with Crippen molar-refractivity contribution in [3.63, 3.8) is 0 Å². The summed E-state index contributed by atoms with van der Waals surface area (Å²) in [6.45, 7) is 2.15. The summed E-state index contributed by atoms with van der Waals surface area (Å²) >= 11 is 0. The topological polar surface area (TPSA) is 93.0 Å². The first-order valence-corrected chi connectivity index (χ1v) is 11.6. The van der Waals surface area contributed by atoms with Crippen LogP contribution < -0.4 is 5.32 Å². The first-order valence-electron chi connectivity index (χ1n) is 9.75. The molecule has 9 heteroatoms. The Bertz CT molecular complexity index is 965. The fourth-order valence-corrected chi connectivity index (χ4v) is 4.98. The minimum atomic E-state index is -3.24. The average molecular weight is 407 g/mol. The van der Waals surface area contributed by atoms with Gasteiger partial charge in [-0.3, -0.25) is 4.79 Å².